The fourth-order valence-electron chi connectivity index (χ4n) is 2.68. The summed E-state index contributed by atoms with van der Waals surface area (Å²) in [4.78, 5) is 36.0. The second kappa shape index (κ2) is 8.70. The van der Waals surface area contributed by atoms with Crippen LogP contribution in [0.5, 0.6) is 0 Å². The average molecular weight is 315 g/mol. The molecule has 1 fully saturated rings. The van der Waals surface area contributed by atoms with Crippen LogP contribution in [0.4, 0.5) is 0 Å². The van der Waals surface area contributed by atoms with Gasteiger partial charge in [0.05, 0.1) is 6.04 Å². The number of nitrogens with two attached hydrogens (primary N) is 1. The standard InChI is InChI=1S/C14H25N3O5/c1-9(16-10(13(19)20)5-2-3-7-15)12(18)17-8-4-6-11(17)14(21)22/h9-11,16H,2-8,15H2,1H3,(H,19,20)(H,21,22)/t9?,10?,11-/m0/s1. The van der Waals surface area contributed by atoms with E-state index in [0.717, 1.165) is 6.42 Å². The lowest BCUT2D eigenvalue weighted by atomic mass is 10.1. The quantitative estimate of drug-likeness (QED) is 0.426. The number of carboxylic acid groups (broad SMARTS) is 2. The molecular formula is C14H25N3O5. The number of hydrogen-bond donors (Lipinski definition) is 4. The Hall–Kier alpha value is -1.67. The summed E-state index contributed by atoms with van der Waals surface area (Å²) < 4.78 is 0. The van der Waals surface area contributed by atoms with Gasteiger partial charge >= 0.3 is 11.9 Å². The van der Waals surface area contributed by atoms with E-state index >= 15 is 0 Å². The van der Waals surface area contributed by atoms with Gasteiger partial charge in [0, 0.05) is 6.54 Å². The molecule has 0 aromatic heterocycles. The first-order valence-electron chi connectivity index (χ1n) is 7.60. The normalized spacial score (nSPS) is 20.6. The number of carbonyl (C=O) groups excluding carboxylic acids is 1. The molecule has 0 saturated carbocycles. The summed E-state index contributed by atoms with van der Waals surface area (Å²) in [5.74, 6) is -2.40. The van der Waals surface area contributed by atoms with Gasteiger partial charge in [0.25, 0.3) is 0 Å². The summed E-state index contributed by atoms with van der Waals surface area (Å²) >= 11 is 0. The van der Waals surface area contributed by atoms with Crippen LogP contribution >= 0.6 is 0 Å². The van der Waals surface area contributed by atoms with Crippen molar-refractivity contribution in [2.45, 2.75) is 57.2 Å². The molecule has 0 aromatic carbocycles. The Morgan fingerprint density at radius 2 is 2.00 bits per heavy atom. The lowest BCUT2D eigenvalue weighted by Gasteiger charge is -2.27. The third-order valence-corrected chi connectivity index (χ3v) is 3.89. The van der Waals surface area contributed by atoms with Crippen molar-refractivity contribution in [2.24, 2.45) is 5.73 Å². The molecule has 1 saturated heterocycles. The van der Waals surface area contributed by atoms with Crippen molar-refractivity contribution in [3.63, 3.8) is 0 Å². The zero-order valence-electron chi connectivity index (χ0n) is 12.8. The van der Waals surface area contributed by atoms with Gasteiger partial charge in [-0.15, -0.1) is 0 Å². The number of carboxylic acids is 2. The maximum Gasteiger partial charge on any atom is 0.326 e. The van der Waals surface area contributed by atoms with E-state index in [-0.39, 0.29) is 5.91 Å². The lowest BCUT2D eigenvalue weighted by Crippen LogP contribution is -2.53. The first-order chi connectivity index (χ1) is 10.4. The monoisotopic (exact) mass is 315 g/mol. The van der Waals surface area contributed by atoms with E-state index in [2.05, 4.69) is 5.32 Å². The van der Waals surface area contributed by atoms with Crippen molar-refractivity contribution in [1.82, 2.24) is 10.2 Å². The lowest BCUT2D eigenvalue weighted by molar-refractivity contribution is -0.149. The fraction of sp³-hybridized carbons (Fsp3) is 0.786. The fourth-order valence-corrected chi connectivity index (χ4v) is 2.68. The smallest absolute Gasteiger partial charge is 0.326 e. The topological polar surface area (TPSA) is 133 Å². The molecule has 1 aliphatic rings. The zero-order valence-corrected chi connectivity index (χ0v) is 12.8. The van der Waals surface area contributed by atoms with Gasteiger partial charge in [0.15, 0.2) is 0 Å². The highest BCUT2D eigenvalue weighted by Crippen LogP contribution is 2.18. The van der Waals surface area contributed by atoms with Crippen LogP contribution in [0, 0.1) is 0 Å². The van der Waals surface area contributed by atoms with Crippen molar-refractivity contribution in [3.05, 3.63) is 0 Å². The van der Waals surface area contributed by atoms with Gasteiger partial charge in [0.1, 0.15) is 12.1 Å². The molecule has 0 bridgehead atoms. The maximum atomic E-state index is 12.3. The number of unbranched alkanes of at least 4 members (excludes halogenated alkanes) is 1. The Bertz CT molecular complexity index is 415. The van der Waals surface area contributed by atoms with Gasteiger partial charge in [-0.05, 0) is 39.2 Å². The SMILES string of the molecule is CC(NC(CCCCN)C(=O)O)C(=O)N1CCC[C@H]1C(=O)O. The van der Waals surface area contributed by atoms with Crippen LogP contribution in [0.1, 0.15) is 39.0 Å². The molecule has 22 heavy (non-hydrogen) atoms. The number of aliphatic carboxylic acids is 2. The van der Waals surface area contributed by atoms with Gasteiger partial charge < -0.3 is 20.8 Å². The highest BCUT2D eigenvalue weighted by molar-refractivity contribution is 5.88. The number of likely N-dealkylation sites (tertiary alicyclic amines) is 1. The minimum absolute atomic E-state index is 0.366. The predicted octanol–water partition coefficient (Wildman–Crippen LogP) is -0.378. The zero-order chi connectivity index (χ0) is 16.7. The van der Waals surface area contributed by atoms with E-state index in [1.807, 2.05) is 0 Å². The molecule has 1 amide bonds. The minimum Gasteiger partial charge on any atom is -0.480 e. The van der Waals surface area contributed by atoms with Crippen LogP contribution in [0.3, 0.4) is 0 Å². The van der Waals surface area contributed by atoms with E-state index in [0.29, 0.717) is 38.8 Å². The third kappa shape index (κ3) is 4.96. The van der Waals surface area contributed by atoms with Gasteiger partial charge in [-0.3, -0.25) is 14.9 Å². The van der Waals surface area contributed by atoms with E-state index in [4.69, 9.17) is 10.8 Å². The van der Waals surface area contributed by atoms with E-state index < -0.39 is 30.1 Å². The third-order valence-electron chi connectivity index (χ3n) is 3.89. The number of rotatable bonds is 9. The summed E-state index contributed by atoms with van der Waals surface area (Å²) in [6.45, 7) is 2.46. The van der Waals surface area contributed by atoms with Gasteiger partial charge in [0.2, 0.25) is 5.91 Å². The van der Waals surface area contributed by atoms with Crippen molar-refractivity contribution in [1.29, 1.82) is 0 Å². The summed E-state index contributed by atoms with van der Waals surface area (Å²) in [7, 11) is 0. The Balaban J connectivity index is 2.60. The minimum atomic E-state index is -1.02. The number of hydrogen-bond acceptors (Lipinski definition) is 5. The molecular weight excluding hydrogens is 290 g/mol. The second-order valence-electron chi connectivity index (χ2n) is 5.59. The van der Waals surface area contributed by atoms with Crippen molar-refractivity contribution >= 4 is 17.8 Å². The van der Waals surface area contributed by atoms with E-state index in [9.17, 15) is 19.5 Å². The van der Waals surface area contributed by atoms with Crippen LogP contribution in [0.25, 0.3) is 0 Å². The Labute approximate surface area is 129 Å². The van der Waals surface area contributed by atoms with Gasteiger partial charge in [-0.25, -0.2) is 4.79 Å². The van der Waals surface area contributed by atoms with Crippen molar-refractivity contribution < 1.29 is 24.6 Å². The van der Waals surface area contributed by atoms with E-state index in [1.54, 1.807) is 6.92 Å². The largest absolute Gasteiger partial charge is 0.480 e. The van der Waals surface area contributed by atoms with Crippen LogP contribution in [0.15, 0.2) is 0 Å². The summed E-state index contributed by atoms with van der Waals surface area (Å²) in [6.07, 6.45) is 2.84. The number of amides is 1. The molecule has 8 heteroatoms. The molecule has 0 spiro atoms. The van der Waals surface area contributed by atoms with Crippen LogP contribution in [-0.4, -0.2) is 64.2 Å². The molecule has 3 atom stereocenters. The van der Waals surface area contributed by atoms with Crippen molar-refractivity contribution in [3.8, 4) is 0 Å². The van der Waals surface area contributed by atoms with E-state index in [1.165, 1.54) is 4.90 Å². The Morgan fingerprint density at radius 3 is 2.55 bits per heavy atom. The first-order valence-corrected chi connectivity index (χ1v) is 7.60. The van der Waals surface area contributed by atoms with Gasteiger partial charge in [-0.1, -0.05) is 6.42 Å². The first kappa shape index (κ1) is 18.4. The summed E-state index contributed by atoms with van der Waals surface area (Å²) in [5.41, 5.74) is 5.38. The number of nitrogens with zero attached hydrogens (tertiary/aromatic N) is 1. The molecule has 1 heterocycles. The summed E-state index contributed by atoms with van der Waals surface area (Å²) in [6, 6.07) is -2.38. The maximum absolute atomic E-state index is 12.3. The number of nitrogens with one attached hydrogen (secondary N) is 1. The molecule has 1 aliphatic heterocycles. The highest BCUT2D eigenvalue weighted by atomic mass is 16.4. The van der Waals surface area contributed by atoms with Crippen LogP contribution in [-0.2, 0) is 14.4 Å². The number of carbonyl (C=O) groups is 3. The molecule has 0 aromatic rings. The van der Waals surface area contributed by atoms with Crippen LogP contribution in [0.2, 0.25) is 0 Å². The Kier molecular flexibility index (Phi) is 7.26. The molecule has 0 radical (unpaired) electrons. The Morgan fingerprint density at radius 1 is 1.32 bits per heavy atom. The summed E-state index contributed by atoms with van der Waals surface area (Å²) in [5, 5.41) is 21.1. The molecule has 2 unspecified atom stereocenters. The molecule has 5 N–H and O–H groups in total. The second-order valence-corrected chi connectivity index (χ2v) is 5.59. The predicted molar refractivity (Wildman–Crippen MR) is 79.3 cm³/mol. The van der Waals surface area contributed by atoms with Gasteiger partial charge in [-0.2, -0.15) is 0 Å². The average Bonchev–Trinajstić information content (AvgIpc) is 2.94. The molecule has 8 nitrogen and oxygen atoms in total. The highest BCUT2D eigenvalue weighted by Gasteiger charge is 2.36. The molecule has 0 aliphatic carbocycles. The van der Waals surface area contributed by atoms with Crippen LogP contribution < -0.4 is 11.1 Å². The van der Waals surface area contributed by atoms with Crippen molar-refractivity contribution in [2.75, 3.05) is 13.1 Å². The molecule has 1 rings (SSSR count). The molecule has 126 valence electrons.